The number of nitrogens with zero attached hydrogens (tertiary/aromatic N) is 1. The molecule has 2 rings (SSSR count). The van der Waals surface area contributed by atoms with Crippen LogP contribution in [0.25, 0.3) is 0 Å². The fourth-order valence-corrected chi connectivity index (χ4v) is 3.15. The first-order valence-electron chi connectivity index (χ1n) is 8.36. The quantitative estimate of drug-likeness (QED) is 0.676. The molecule has 3 N–H and O–H groups in total. The Kier molecular flexibility index (Phi) is 6.46. The van der Waals surface area contributed by atoms with Gasteiger partial charge >= 0.3 is 0 Å². The van der Waals surface area contributed by atoms with Crippen molar-refractivity contribution in [2.75, 3.05) is 20.6 Å². The second-order valence-corrected chi connectivity index (χ2v) is 6.53. The zero-order valence-corrected chi connectivity index (χ0v) is 13.8. The molecule has 1 aromatic heterocycles. The summed E-state index contributed by atoms with van der Waals surface area (Å²) in [6.07, 6.45) is 6.69. The van der Waals surface area contributed by atoms with Gasteiger partial charge in [-0.3, -0.25) is 4.79 Å². The average molecular weight is 307 g/mol. The van der Waals surface area contributed by atoms with Crippen LogP contribution in [0.2, 0.25) is 0 Å². The van der Waals surface area contributed by atoms with Crippen molar-refractivity contribution in [2.24, 2.45) is 5.92 Å². The molecule has 1 aromatic rings. The van der Waals surface area contributed by atoms with E-state index in [1.807, 2.05) is 12.1 Å². The summed E-state index contributed by atoms with van der Waals surface area (Å²) >= 11 is 0. The Bertz CT molecular complexity index is 470. The number of carbonyl (C=O) groups is 1. The molecule has 0 saturated heterocycles. The number of H-pyrrole nitrogens is 1. The smallest absolute Gasteiger partial charge is 0.269 e. The molecule has 124 valence electrons. The summed E-state index contributed by atoms with van der Waals surface area (Å²) < 4.78 is 0. The molecule has 0 aromatic carbocycles. The summed E-state index contributed by atoms with van der Waals surface area (Å²) in [4.78, 5) is 16.5. The van der Waals surface area contributed by atoms with Gasteiger partial charge in [-0.15, -0.1) is 0 Å². The number of aromatic amines is 1. The van der Waals surface area contributed by atoms with Gasteiger partial charge in [-0.1, -0.05) is 12.8 Å². The Labute approximate surface area is 133 Å². The summed E-state index contributed by atoms with van der Waals surface area (Å²) in [5.74, 6) is 0.489. The molecule has 1 saturated carbocycles. The molecule has 1 aliphatic rings. The van der Waals surface area contributed by atoms with Crippen LogP contribution >= 0.6 is 0 Å². The molecule has 22 heavy (non-hydrogen) atoms. The molecule has 2 unspecified atom stereocenters. The predicted octanol–water partition coefficient (Wildman–Crippen LogP) is 2.14. The number of hydrogen-bond acceptors (Lipinski definition) is 3. The zero-order chi connectivity index (χ0) is 15.9. The Morgan fingerprint density at radius 1 is 1.36 bits per heavy atom. The second-order valence-electron chi connectivity index (χ2n) is 6.53. The van der Waals surface area contributed by atoms with Gasteiger partial charge in [-0.25, -0.2) is 0 Å². The van der Waals surface area contributed by atoms with E-state index >= 15 is 0 Å². The first kappa shape index (κ1) is 17.0. The maximum absolute atomic E-state index is 11.8. The molecule has 2 atom stereocenters. The lowest BCUT2D eigenvalue weighted by atomic mass is 9.83. The van der Waals surface area contributed by atoms with Crippen molar-refractivity contribution in [3.8, 4) is 0 Å². The highest BCUT2D eigenvalue weighted by Crippen LogP contribution is 2.27. The number of aliphatic hydroxyl groups is 1. The van der Waals surface area contributed by atoms with Crippen molar-refractivity contribution in [2.45, 2.75) is 51.2 Å². The zero-order valence-electron chi connectivity index (χ0n) is 13.8. The molecule has 0 bridgehead atoms. The number of amides is 1. The fourth-order valence-electron chi connectivity index (χ4n) is 3.15. The number of aromatic nitrogens is 1. The summed E-state index contributed by atoms with van der Waals surface area (Å²) in [6.45, 7) is 1.69. The number of carbonyl (C=O) groups excluding carboxylic acids is 1. The van der Waals surface area contributed by atoms with Gasteiger partial charge in [0.05, 0.1) is 6.10 Å². The van der Waals surface area contributed by atoms with E-state index in [1.54, 1.807) is 19.0 Å². The number of rotatable bonds is 7. The SMILES string of the molecule is CN(C)C(=O)c1ccc(CNCCCC2CCCCC2O)[nH]1. The molecule has 5 heteroatoms. The summed E-state index contributed by atoms with van der Waals surface area (Å²) in [5.41, 5.74) is 1.66. The predicted molar refractivity (Wildman–Crippen MR) is 87.7 cm³/mol. The standard InChI is InChI=1S/C17H29N3O2/c1-20(2)17(22)15-10-9-14(19-15)12-18-11-5-7-13-6-3-4-8-16(13)21/h9-10,13,16,18-19,21H,3-8,11-12H2,1-2H3. The maximum atomic E-state index is 11.8. The van der Waals surface area contributed by atoms with Crippen LogP contribution in [0.3, 0.4) is 0 Å². The Balaban J connectivity index is 1.63. The van der Waals surface area contributed by atoms with Crippen LogP contribution in [0.15, 0.2) is 12.1 Å². The van der Waals surface area contributed by atoms with E-state index in [1.165, 1.54) is 19.3 Å². The first-order valence-corrected chi connectivity index (χ1v) is 8.36. The van der Waals surface area contributed by atoms with Gasteiger partial charge in [-0.05, 0) is 50.3 Å². The van der Waals surface area contributed by atoms with E-state index in [-0.39, 0.29) is 12.0 Å². The van der Waals surface area contributed by atoms with Crippen LogP contribution in [-0.2, 0) is 6.54 Å². The highest BCUT2D eigenvalue weighted by atomic mass is 16.3. The molecule has 1 fully saturated rings. The minimum atomic E-state index is -0.0863. The topological polar surface area (TPSA) is 68.4 Å². The largest absolute Gasteiger partial charge is 0.393 e. The van der Waals surface area contributed by atoms with E-state index in [9.17, 15) is 9.90 Å². The second kappa shape index (κ2) is 8.34. The van der Waals surface area contributed by atoms with Gasteiger partial charge in [0.25, 0.3) is 5.91 Å². The molecule has 1 heterocycles. The van der Waals surface area contributed by atoms with E-state index in [4.69, 9.17) is 0 Å². The van der Waals surface area contributed by atoms with E-state index in [0.717, 1.165) is 38.0 Å². The van der Waals surface area contributed by atoms with Crippen LogP contribution in [-0.4, -0.2) is 47.6 Å². The molecule has 0 aliphatic heterocycles. The molecular weight excluding hydrogens is 278 g/mol. The Morgan fingerprint density at radius 2 is 2.14 bits per heavy atom. The third kappa shape index (κ3) is 4.85. The highest BCUT2D eigenvalue weighted by molar-refractivity contribution is 5.92. The van der Waals surface area contributed by atoms with Crippen molar-refractivity contribution in [1.29, 1.82) is 0 Å². The van der Waals surface area contributed by atoms with Crippen molar-refractivity contribution in [3.05, 3.63) is 23.5 Å². The van der Waals surface area contributed by atoms with Crippen molar-refractivity contribution >= 4 is 5.91 Å². The molecule has 1 aliphatic carbocycles. The number of hydrogen-bond donors (Lipinski definition) is 3. The van der Waals surface area contributed by atoms with Crippen molar-refractivity contribution in [1.82, 2.24) is 15.2 Å². The lowest BCUT2D eigenvalue weighted by Crippen LogP contribution is -2.25. The van der Waals surface area contributed by atoms with Gasteiger partial charge in [0.1, 0.15) is 5.69 Å². The van der Waals surface area contributed by atoms with E-state index < -0.39 is 0 Å². The molecule has 0 radical (unpaired) electrons. The summed E-state index contributed by atoms with van der Waals surface area (Å²) in [7, 11) is 3.50. The van der Waals surface area contributed by atoms with E-state index in [2.05, 4.69) is 10.3 Å². The highest BCUT2D eigenvalue weighted by Gasteiger charge is 2.22. The minimum Gasteiger partial charge on any atom is -0.393 e. The van der Waals surface area contributed by atoms with Crippen LogP contribution in [0.1, 0.15) is 54.7 Å². The van der Waals surface area contributed by atoms with Crippen LogP contribution in [0.4, 0.5) is 0 Å². The molecule has 1 amide bonds. The Hall–Kier alpha value is -1.33. The first-order chi connectivity index (χ1) is 10.6. The summed E-state index contributed by atoms with van der Waals surface area (Å²) in [5, 5.41) is 13.3. The van der Waals surface area contributed by atoms with Crippen molar-refractivity contribution < 1.29 is 9.90 Å². The van der Waals surface area contributed by atoms with Gasteiger partial charge in [0.15, 0.2) is 0 Å². The van der Waals surface area contributed by atoms with E-state index in [0.29, 0.717) is 11.6 Å². The van der Waals surface area contributed by atoms with Gasteiger partial charge in [-0.2, -0.15) is 0 Å². The average Bonchev–Trinajstić information content (AvgIpc) is 2.96. The third-order valence-electron chi connectivity index (χ3n) is 4.50. The molecular formula is C17H29N3O2. The van der Waals surface area contributed by atoms with Crippen LogP contribution in [0, 0.1) is 5.92 Å². The lowest BCUT2D eigenvalue weighted by molar-refractivity contribution is 0.0643. The van der Waals surface area contributed by atoms with Crippen molar-refractivity contribution in [3.63, 3.8) is 0 Å². The Morgan fingerprint density at radius 3 is 2.86 bits per heavy atom. The number of aliphatic hydroxyl groups excluding tert-OH is 1. The number of nitrogens with one attached hydrogen (secondary N) is 2. The summed E-state index contributed by atoms with van der Waals surface area (Å²) in [6, 6.07) is 3.78. The van der Waals surface area contributed by atoms with Crippen LogP contribution < -0.4 is 5.32 Å². The van der Waals surface area contributed by atoms with Gasteiger partial charge in [0, 0.05) is 26.3 Å². The monoisotopic (exact) mass is 307 g/mol. The molecule has 5 nitrogen and oxygen atoms in total. The van der Waals surface area contributed by atoms with Gasteiger partial charge in [0.2, 0.25) is 0 Å². The normalized spacial score (nSPS) is 21.8. The van der Waals surface area contributed by atoms with Gasteiger partial charge < -0.3 is 20.3 Å². The lowest BCUT2D eigenvalue weighted by Gasteiger charge is -2.27. The fraction of sp³-hybridized carbons (Fsp3) is 0.706. The minimum absolute atomic E-state index is 0.00228. The maximum Gasteiger partial charge on any atom is 0.269 e. The van der Waals surface area contributed by atoms with Crippen LogP contribution in [0.5, 0.6) is 0 Å². The third-order valence-corrected chi connectivity index (χ3v) is 4.50. The molecule has 0 spiro atoms.